The average Bonchev–Trinajstić information content (AvgIpc) is 2.53. The van der Waals surface area contributed by atoms with Crippen molar-refractivity contribution in [3.8, 4) is 5.88 Å². The molecule has 1 heterocycles. The first-order valence-corrected chi connectivity index (χ1v) is 6.54. The van der Waals surface area contributed by atoms with Gasteiger partial charge in [0.1, 0.15) is 5.69 Å². The lowest BCUT2D eigenvalue weighted by molar-refractivity contribution is 0.234. The van der Waals surface area contributed by atoms with E-state index in [0.717, 1.165) is 24.4 Å². The summed E-state index contributed by atoms with van der Waals surface area (Å²) in [4.78, 5) is 0. The molecule has 0 saturated carbocycles. The predicted octanol–water partition coefficient (Wildman–Crippen LogP) is 2.77. The number of anilines is 1. The summed E-state index contributed by atoms with van der Waals surface area (Å²) in [6.07, 6.45) is 4.33. The minimum absolute atomic E-state index is 0.559. The second-order valence-corrected chi connectivity index (χ2v) is 4.74. The van der Waals surface area contributed by atoms with Gasteiger partial charge in [0.05, 0.1) is 12.3 Å². The zero-order valence-electron chi connectivity index (χ0n) is 11.5. The molecule has 0 aliphatic carbocycles. The number of nitrogen functional groups attached to an aromatic ring is 1. The number of ether oxygens (including phenoxy) is 1. The van der Waals surface area contributed by atoms with Gasteiger partial charge < -0.3 is 10.5 Å². The van der Waals surface area contributed by atoms with Gasteiger partial charge in [-0.1, -0.05) is 33.6 Å². The van der Waals surface area contributed by atoms with E-state index in [1.54, 1.807) is 4.68 Å². The Kier molecular flexibility index (Phi) is 5.32. The molecular weight excluding hydrogens is 214 g/mol. The number of aromatic nitrogens is 2. The van der Waals surface area contributed by atoms with Crippen molar-refractivity contribution in [3.05, 3.63) is 5.69 Å². The molecule has 0 amide bonds. The molecule has 4 nitrogen and oxygen atoms in total. The maximum absolute atomic E-state index is 6.04. The van der Waals surface area contributed by atoms with Crippen LogP contribution in [0.15, 0.2) is 0 Å². The molecule has 0 aliphatic heterocycles. The van der Waals surface area contributed by atoms with Gasteiger partial charge in [0, 0.05) is 7.05 Å². The molecule has 1 aromatic heterocycles. The van der Waals surface area contributed by atoms with Crippen LogP contribution in [0.3, 0.4) is 0 Å². The first-order chi connectivity index (χ1) is 8.10. The van der Waals surface area contributed by atoms with Crippen molar-refractivity contribution in [2.75, 3.05) is 12.3 Å². The molecule has 1 atom stereocenters. The summed E-state index contributed by atoms with van der Waals surface area (Å²) >= 11 is 0. The Morgan fingerprint density at radius 1 is 1.35 bits per heavy atom. The molecule has 2 N–H and O–H groups in total. The van der Waals surface area contributed by atoms with E-state index >= 15 is 0 Å². The first-order valence-electron chi connectivity index (χ1n) is 6.54. The van der Waals surface area contributed by atoms with Crippen LogP contribution in [0, 0.1) is 5.92 Å². The highest BCUT2D eigenvalue weighted by atomic mass is 16.5. The second kappa shape index (κ2) is 6.52. The lowest BCUT2D eigenvalue weighted by Crippen LogP contribution is -2.11. The molecule has 0 fully saturated rings. The summed E-state index contributed by atoms with van der Waals surface area (Å²) in [5.74, 6) is 1.28. The summed E-state index contributed by atoms with van der Waals surface area (Å²) in [6, 6.07) is 0. The Labute approximate surface area is 104 Å². The van der Waals surface area contributed by atoms with Crippen molar-refractivity contribution < 1.29 is 4.74 Å². The normalized spacial score (nSPS) is 12.7. The Hall–Kier alpha value is -1.19. The fraction of sp³-hybridized carbons (Fsp3) is 0.769. The molecule has 1 unspecified atom stereocenters. The highest BCUT2D eigenvalue weighted by Gasteiger charge is 2.14. The summed E-state index contributed by atoms with van der Waals surface area (Å²) < 4.78 is 7.53. The van der Waals surface area contributed by atoms with Gasteiger partial charge in [0.15, 0.2) is 0 Å². The number of hydrogen-bond donors (Lipinski definition) is 1. The molecule has 0 spiro atoms. The van der Waals surface area contributed by atoms with Crippen LogP contribution >= 0.6 is 0 Å². The number of rotatable bonds is 7. The van der Waals surface area contributed by atoms with E-state index < -0.39 is 0 Å². The Morgan fingerprint density at radius 2 is 2.06 bits per heavy atom. The van der Waals surface area contributed by atoms with Gasteiger partial charge in [-0.3, -0.25) is 0 Å². The molecule has 0 bridgehead atoms. The first kappa shape index (κ1) is 13.9. The van der Waals surface area contributed by atoms with Gasteiger partial charge in [-0.2, -0.15) is 5.10 Å². The van der Waals surface area contributed by atoms with E-state index in [1.807, 2.05) is 7.05 Å². The van der Waals surface area contributed by atoms with E-state index in [9.17, 15) is 0 Å². The summed E-state index contributed by atoms with van der Waals surface area (Å²) in [5, 5.41) is 4.39. The second-order valence-electron chi connectivity index (χ2n) is 4.74. The lowest BCUT2D eigenvalue weighted by Gasteiger charge is -2.12. The Bertz CT molecular complexity index is 347. The Balaban J connectivity index is 2.64. The predicted molar refractivity (Wildman–Crippen MR) is 71.2 cm³/mol. The van der Waals surface area contributed by atoms with Gasteiger partial charge >= 0.3 is 0 Å². The lowest BCUT2D eigenvalue weighted by atomic mass is 10.1. The third-order valence-corrected chi connectivity index (χ3v) is 2.88. The monoisotopic (exact) mass is 239 g/mol. The minimum atomic E-state index is 0.559. The van der Waals surface area contributed by atoms with Gasteiger partial charge in [-0.05, 0) is 18.8 Å². The van der Waals surface area contributed by atoms with Gasteiger partial charge in [0.2, 0.25) is 5.88 Å². The maximum atomic E-state index is 6.04. The molecule has 0 saturated heterocycles. The number of nitrogens with two attached hydrogens (primary N) is 1. The van der Waals surface area contributed by atoms with E-state index in [1.165, 1.54) is 12.8 Å². The van der Waals surface area contributed by atoms with Gasteiger partial charge in [0.25, 0.3) is 0 Å². The standard InChI is InChI=1S/C13H25N3O/c1-5-7-10(3)9-17-13-12(14)11(8-6-2)15-16(13)4/h10H,5-9,14H2,1-4H3. The van der Waals surface area contributed by atoms with Crippen LogP contribution in [0.25, 0.3) is 0 Å². The van der Waals surface area contributed by atoms with Crippen LogP contribution in [0.5, 0.6) is 5.88 Å². The minimum Gasteiger partial charge on any atom is -0.476 e. The molecule has 98 valence electrons. The van der Waals surface area contributed by atoms with Gasteiger partial charge in [-0.25, -0.2) is 4.68 Å². The molecule has 1 rings (SSSR count). The zero-order chi connectivity index (χ0) is 12.8. The van der Waals surface area contributed by atoms with E-state index in [-0.39, 0.29) is 0 Å². The van der Waals surface area contributed by atoms with Crippen molar-refractivity contribution in [1.29, 1.82) is 0 Å². The fourth-order valence-electron chi connectivity index (χ4n) is 1.97. The van der Waals surface area contributed by atoms with Crippen molar-refractivity contribution in [2.24, 2.45) is 13.0 Å². The SMILES string of the molecule is CCCc1nn(C)c(OCC(C)CCC)c1N. The molecule has 17 heavy (non-hydrogen) atoms. The average molecular weight is 239 g/mol. The summed E-state index contributed by atoms with van der Waals surface area (Å²) in [5.41, 5.74) is 7.70. The summed E-state index contributed by atoms with van der Waals surface area (Å²) in [6.45, 7) is 7.22. The van der Waals surface area contributed by atoms with E-state index in [4.69, 9.17) is 10.5 Å². The van der Waals surface area contributed by atoms with Crippen molar-refractivity contribution in [1.82, 2.24) is 9.78 Å². The number of aryl methyl sites for hydroxylation is 2. The number of nitrogens with zero attached hydrogens (tertiary/aromatic N) is 2. The van der Waals surface area contributed by atoms with Crippen LogP contribution < -0.4 is 10.5 Å². The fourth-order valence-corrected chi connectivity index (χ4v) is 1.97. The molecule has 1 aromatic rings. The van der Waals surface area contributed by atoms with Crippen LogP contribution in [-0.2, 0) is 13.5 Å². The topological polar surface area (TPSA) is 53.1 Å². The van der Waals surface area contributed by atoms with E-state index in [0.29, 0.717) is 18.2 Å². The van der Waals surface area contributed by atoms with Crippen LogP contribution in [-0.4, -0.2) is 16.4 Å². The molecule has 0 radical (unpaired) electrons. The van der Waals surface area contributed by atoms with Crippen LogP contribution in [0.1, 0.15) is 45.7 Å². The molecular formula is C13H25N3O. The van der Waals surface area contributed by atoms with Gasteiger partial charge in [-0.15, -0.1) is 0 Å². The van der Waals surface area contributed by atoms with Crippen molar-refractivity contribution in [3.63, 3.8) is 0 Å². The highest BCUT2D eigenvalue weighted by Crippen LogP contribution is 2.26. The van der Waals surface area contributed by atoms with Crippen LogP contribution in [0.2, 0.25) is 0 Å². The van der Waals surface area contributed by atoms with Crippen molar-refractivity contribution >= 4 is 5.69 Å². The van der Waals surface area contributed by atoms with Crippen LogP contribution in [0.4, 0.5) is 5.69 Å². The molecule has 4 heteroatoms. The number of hydrogen-bond acceptors (Lipinski definition) is 3. The largest absolute Gasteiger partial charge is 0.476 e. The zero-order valence-corrected chi connectivity index (χ0v) is 11.5. The third-order valence-electron chi connectivity index (χ3n) is 2.88. The quantitative estimate of drug-likeness (QED) is 0.796. The Morgan fingerprint density at radius 3 is 2.65 bits per heavy atom. The van der Waals surface area contributed by atoms with E-state index in [2.05, 4.69) is 25.9 Å². The highest BCUT2D eigenvalue weighted by molar-refractivity contribution is 5.53. The molecule has 0 aromatic carbocycles. The van der Waals surface area contributed by atoms with Crippen molar-refractivity contribution in [2.45, 2.75) is 46.5 Å². The molecule has 0 aliphatic rings. The smallest absolute Gasteiger partial charge is 0.235 e. The maximum Gasteiger partial charge on any atom is 0.235 e. The third kappa shape index (κ3) is 3.65. The summed E-state index contributed by atoms with van der Waals surface area (Å²) in [7, 11) is 1.88.